The number of aromatic amines is 1. The number of ether oxygens (including phenoxy) is 1. The number of thiophene rings is 2. The summed E-state index contributed by atoms with van der Waals surface area (Å²) in [6.07, 6.45) is 2.26. The molecule has 150 valence electrons. The molecule has 1 saturated heterocycles. The van der Waals surface area contributed by atoms with Gasteiger partial charge in [0, 0.05) is 22.4 Å². The first-order chi connectivity index (χ1) is 14.2. The van der Waals surface area contributed by atoms with Gasteiger partial charge in [0.15, 0.2) is 0 Å². The van der Waals surface area contributed by atoms with Crippen LogP contribution in [0.4, 0.5) is 0 Å². The molecule has 0 saturated carbocycles. The molecule has 0 amide bonds. The molecule has 1 N–H and O–H groups in total. The first-order valence-electron chi connectivity index (χ1n) is 9.29. The third kappa shape index (κ3) is 3.75. The van der Waals surface area contributed by atoms with Gasteiger partial charge in [-0.3, -0.25) is 4.79 Å². The van der Waals surface area contributed by atoms with Crippen LogP contribution in [-0.2, 0) is 11.3 Å². The molecular weight excluding hydrogens is 428 g/mol. The van der Waals surface area contributed by atoms with Gasteiger partial charge < -0.3 is 9.72 Å². The molecule has 4 aromatic heterocycles. The molecule has 1 aliphatic heterocycles. The van der Waals surface area contributed by atoms with Gasteiger partial charge in [-0.25, -0.2) is 9.67 Å². The molecule has 8 nitrogen and oxygen atoms in total. The predicted molar refractivity (Wildman–Crippen MR) is 115 cm³/mol. The summed E-state index contributed by atoms with van der Waals surface area (Å²) in [6.45, 7) is 3.43. The maximum atomic E-state index is 12.8. The number of hydrogen-bond donors (Lipinski definition) is 1. The number of nitrogens with zero attached hydrogens (tertiary/aromatic N) is 5. The summed E-state index contributed by atoms with van der Waals surface area (Å²) in [7, 11) is 0. The second-order valence-electron chi connectivity index (χ2n) is 6.80. The van der Waals surface area contributed by atoms with Crippen LogP contribution in [0.25, 0.3) is 20.7 Å². The summed E-state index contributed by atoms with van der Waals surface area (Å²) in [5, 5.41) is 17.3. The van der Waals surface area contributed by atoms with E-state index >= 15 is 0 Å². The molecule has 5 rings (SSSR count). The van der Waals surface area contributed by atoms with Gasteiger partial charge in [-0.1, -0.05) is 17.8 Å². The van der Waals surface area contributed by atoms with Crippen molar-refractivity contribution >= 4 is 44.7 Å². The molecule has 0 spiro atoms. The van der Waals surface area contributed by atoms with E-state index in [-0.39, 0.29) is 16.9 Å². The third-order valence-electron chi connectivity index (χ3n) is 4.82. The molecule has 0 aliphatic carbocycles. The van der Waals surface area contributed by atoms with Crippen molar-refractivity contribution in [2.45, 2.75) is 42.8 Å². The van der Waals surface area contributed by atoms with Crippen LogP contribution < -0.4 is 5.56 Å². The second-order valence-corrected chi connectivity index (χ2v) is 9.91. The number of aromatic nitrogens is 6. The highest BCUT2D eigenvalue weighted by Gasteiger charge is 2.22. The van der Waals surface area contributed by atoms with Crippen LogP contribution in [0.2, 0.25) is 0 Å². The van der Waals surface area contributed by atoms with Crippen LogP contribution in [0.1, 0.15) is 30.8 Å². The lowest BCUT2D eigenvalue weighted by Crippen LogP contribution is -2.17. The van der Waals surface area contributed by atoms with Crippen molar-refractivity contribution < 1.29 is 4.74 Å². The zero-order valence-electron chi connectivity index (χ0n) is 15.6. The van der Waals surface area contributed by atoms with Gasteiger partial charge in [0.25, 0.3) is 5.56 Å². The van der Waals surface area contributed by atoms with Gasteiger partial charge in [0.2, 0.25) is 5.16 Å². The number of hydrogen-bond acceptors (Lipinski definition) is 9. The lowest BCUT2D eigenvalue weighted by atomic mass is 10.2. The zero-order valence-corrected chi connectivity index (χ0v) is 18.0. The van der Waals surface area contributed by atoms with Crippen LogP contribution >= 0.6 is 34.4 Å². The first-order valence-corrected chi connectivity index (χ1v) is 11.9. The van der Waals surface area contributed by atoms with E-state index in [4.69, 9.17) is 9.72 Å². The summed E-state index contributed by atoms with van der Waals surface area (Å²) in [4.78, 5) is 22.3. The average Bonchev–Trinajstić information content (AvgIpc) is 3.50. The first kappa shape index (κ1) is 18.9. The number of fused-ring (bicyclic) bond motifs is 1. The molecule has 11 heteroatoms. The quantitative estimate of drug-likeness (QED) is 0.451. The van der Waals surface area contributed by atoms with Crippen molar-refractivity contribution in [1.29, 1.82) is 0 Å². The lowest BCUT2D eigenvalue weighted by Gasteiger charge is -2.12. The Morgan fingerprint density at radius 2 is 2.38 bits per heavy atom. The van der Waals surface area contributed by atoms with Crippen LogP contribution in [0.5, 0.6) is 0 Å². The number of H-pyrrole nitrogens is 1. The molecular formula is C18H18N6O2S3. The van der Waals surface area contributed by atoms with Gasteiger partial charge >= 0.3 is 0 Å². The molecule has 1 fully saturated rings. The van der Waals surface area contributed by atoms with Crippen molar-refractivity contribution in [3.05, 3.63) is 39.1 Å². The Morgan fingerprint density at radius 1 is 1.45 bits per heavy atom. The fourth-order valence-corrected chi connectivity index (χ4v) is 5.99. The number of rotatable bonds is 6. The lowest BCUT2D eigenvalue weighted by molar-refractivity contribution is 0.0911. The topological polar surface area (TPSA) is 98.6 Å². The van der Waals surface area contributed by atoms with E-state index in [1.807, 2.05) is 29.8 Å². The Balaban J connectivity index is 1.40. The van der Waals surface area contributed by atoms with Gasteiger partial charge in [-0.05, 0) is 41.6 Å². The maximum absolute atomic E-state index is 12.8. The maximum Gasteiger partial charge on any atom is 0.260 e. The van der Waals surface area contributed by atoms with Crippen molar-refractivity contribution in [1.82, 2.24) is 30.2 Å². The molecule has 0 bridgehead atoms. The Bertz CT molecular complexity index is 1180. The van der Waals surface area contributed by atoms with Crippen LogP contribution in [0.15, 0.2) is 32.8 Å². The Hall–Kier alpha value is -2.08. The summed E-state index contributed by atoms with van der Waals surface area (Å²) in [5.74, 6) is 0.624. The average molecular weight is 447 g/mol. The van der Waals surface area contributed by atoms with Gasteiger partial charge in [0.1, 0.15) is 10.7 Å². The van der Waals surface area contributed by atoms with Gasteiger partial charge in [-0.2, -0.15) is 0 Å². The highest BCUT2D eigenvalue weighted by Crippen LogP contribution is 2.36. The molecule has 4 aromatic rings. The molecule has 0 aromatic carbocycles. The Morgan fingerprint density at radius 3 is 3.17 bits per heavy atom. The molecule has 1 aliphatic rings. The Labute approximate surface area is 178 Å². The summed E-state index contributed by atoms with van der Waals surface area (Å²) in [6, 6.07) is 4.00. The monoisotopic (exact) mass is 446 g/mol. The van der Waals surface area contributed by atoms with Gasteiger partial charge in [0.05, 0.1) is 23.3 Å². The van der Waals surface area contributed by atoms with Crippen molar-refractivity contribution in [3.63, 3.8) is 0 Å². The van der Waals surface area contributed by atoms with E-state index in [1.54, 1.807) is 16.0 Å². The summed E-state index contributed by atoms with van der Waals surface area (Å²) < 4.78 is 7.46. The number of nitrogens with one attached hydrogen (secondary N) is 1. The number of thioether (sulfide) groups is 1. The smallest absolute Gasteiger partial charge is 0.260 e. The highest BCUT2D eigenvalue weighted by molar-refractivity contribution is 7.99. The second kappa shape index (κ2) is 7.98. The molecule has 5 heterocycles. The van der Waals surface area contributed by atoms with Crippen LogP contribution in [-0.4, -0.2) is 42.9 Å². The predicted octanol–water partition coefficient (Wildman–Crippen LogP) is 3.73. The molecule has 0 radical (unpaired) electrons. The van der Waals surface area contributed by atoms with Crippen LogP contribution in [0.3, 0.4) is 0 Å². The van der Waals surface area contributed by atoms with Crippen molar-refractivity contribution in [2.24, 2.45) is 0 Å². The van der Waals surface area contributed by atoms with E-state index in [2.05, 4.69) is 20.5 Å². The van der Waals surface area contributed by atoms with E-state index in [0.717, 1.165) is 34.7 Å². The summed E-state index contributed by atoms with van der Waals surface area (Å²) >= 11 is 4.59. The van der Waals surface area contributed by atoms with Crippen LogP contribution in [0, 0.1) is 0 Å². The standard InChI is InChI=1S/C18H18N6O2S3/c1-10(29-18-21-22-23-24(18)8-11-4-2-6-26-11)15-19-16(25)14-12(9-28-17(14)20-15)13-5-3-7-27-13/h3,5,7,9-11H,2,4,6,8H2,1H3,(H,19,20,25)/t10-,11+/m0/s1. The normalized spacial score (nSPS) is 17.9. The Kier molecular flexibility index (Phi) is 5.20. The third-order valence-corrected chi connectivity index (χ3v) is 7.67. The minimum absolute atomic E-state index is 0.103. The molecule has 0 unspecified atom stereocenters. The largest absolute Gasteiger partial charge is 0.376 e. The molecule has 2 atom stereocenters. The molecule has 29 heavy (non-hydrogen) atoms. The van der Waals surface area contributed by atoms with E-state index in [9.17, 15) is 4.79 Å². The fraction of sp³-hybridized carbons (Fsp3) is 0.389. The van der Waals surface area contributed by atoms with Crippen molar-refractivity contribution in [3.8, 4) is 10.4 Å². The number of tetrazole rings is 1. The van der Waals surface area contributed by atoms with Crippen molar-refractivity contribution in [2.75, 3.05) is 6.61 Å². The highest BCUT2D eigenvalue weighted by atomic mass is 32.2. The summed E-state index contributed by atoms with van der Waals surface area (Å²) in [5.41, 5.74) is 0.835. The minimum atomic E-state index is -0.110. The minimum Gasteiger partial charge on any atom is -0.376 e. The fourth-order valence-electron chi connectivity index (χ4n) is 3.36. The SMILES string of the molecule is C[C@H](Sc1nnnn1C[C@H]1CCCO1)c1nc2scc(-c3cccs3)c2c(=O)[nH]1. The van der Waals surface area contributed by atoms with Gasteiger partial charge in [-0.15, -0.1) is 27.8 Å². The van der Waals surface area contributed by atoms with E-state index in [1.165, 1.54) is 23.1 Å². The van der Waals surface area contributed by atoms with E-state index in [0.29, 0.717) is 22.9 Å². The van der Waals surface area contributed by atoms with E-state index < -0.39 is 0 Å². The zero-order chi connectivity index (χ0) is 19.8.